The number of nitriles is 1. The fourth-order valence-electron chi connectivity index (χ4n) is 3.33. The minimum absolute atomic E-state index is 0.0804. The Morgan fingerprint density at radius 1 is 1.14 bits per heavy atom. The van der Waals surface area contributed by atoms with Crippen molar-refractivity contribution in [2.24, 2.45) is 0 Å². The van der Waals surface area contributed by atoms with Crippen LogP contribution in [-0.4, -0.2) is 42.1 Å². The lowest BCUT2D eigenvalue weighted by atomic mass is 9.91. The number of rotatable bonds is 5. The van der Waals surface area contributed by atoms with Crippen LogP contribution in [0.2, 0.25) is 0 Å². The Labute approximate surface area is 165 Å². The van der Waals surface area contributed by atoms with Gasteiger partial charge in [0.25, 0.3) is 5.91 Å². The first-order valence-corrected chi connectivity index (χ1v) is 9.55. The highest BCUT2D eigenvalue weighted by molar-refractivity contribution is 5.94. The number of nitrogens with zero attached hydrogens (tertiary/aromatic N) is 4. The van der Waals surface area contributed by atoms with Crippen molar-refractivity contribution in [3.05, 3.63) is 47.2 Å². The van der Waals surface area contributed by atoms with Crippen molar-refractivity contribution < 1.29 is 4.79 Å². The van der Waals surface area contributed by atoms with Gasteiger partial charge in [-0.05, 0) is 56.9 Å². The predicted octanol–water partition coefficient (Wildman–Crippen LogP) is 2.88. The molecule has 1 heterocycles. The van der Waals surface area contributed by atoms with Gasteiger partial charge in [-0.25, -0.2) is 4.98 Å². The second-order valence-electron chi connectivity index (χ2n) is 7.45. The minimum atomic E-state index is -0.0804. The lowest BCUT2D eigenvalue weighted by molar-refractivity contribution is 0.0926. The number of anilines is 2. The molecule has 2 aromatic rings. The highest BCUT2D eigenvalue weighted by atomic mass is 16.1. The van der Waals surface area contributed by atoms with E-state index < -0.39 is 0 Å². The van der Waals surface area contributed by atoms with Gasteiger partial charge in [0, 0.05) is 43.5 Å². The first kappa shape index (κ1) is 19.6. The number of hydrogen-bond acceptors (Lipinski definition) is 6. The molecule has 28 heavy (non-hydrogen) atoms. The molecule has 146 valence electrons. The van der Waals surface area contributed by atoms with Gasteiger partial charge >= 0.3 is 0 Å². The summed E-state index contributed by atoms with van der Waals surface area (Å²) in [6.07, 6.45) is 5.63. The zero-order chi connectivity index (χ0) is 20.1. The van der Waals surface area contributed by atoms with Crippen molar-refractivity contribution >= 4 is 17.7 Å². The third-order valence-corrected chi connectivity index (χ3v) is 5.04. The molecule has 1 aliphatic rings. The maximum Gasteiger partial charge on any atom is 0.251 e. The van der Waals surface area contributed by atoms with Crippen LogP contribution in [0.4, 0.5) is 11.8 Å². The van der Waals surface area contributed by atoms with Crippen molar-refractivity contribution in [1.82, 2.24) is 15.3 Å². The van der Waals surface area contributed by atoms with Gasteiger partial charge in [-0.2, -0.15) is 10.2 Å². The Bertz CT molecular complexity index is 863. The van der Waals surface area contributed by atoms with E-state index in [0.29, 0.717) is 23.1 Å². The van der Waals surface area contributed by atoms with Crippen molar-refractivity contribution in [3.8, 4) is 6.07 Å². The number of aromatic nitrogens is 2. The molecule has 3 rings (SSSR count). The second-order valence-corrected chi connectivity index (χ2v) is 7.45. The van der Waals surface area contributed by atoms with Gasteiger partial charge in [0.1, 0.15) is 5.82 Å². The highest BCUT2D eigenvalue weighted by Gasteiger charge is 2.23. The number of carbonyl (C=O) groups excluding carboxylic acids is 1. The van der Waals surface area contributed by atoms with Crippen LogP contribution in [0.1, 0.15) is 47.2 Å². The van der Waals surface area contributed by atoms with E-state index in [2.05, 4.69) is 26.7 Å². The van der Waals surface area contributed by atoms with Crippen molar-refractivity contribution in [1.29, 1.82) is 5.26 Å². The quantitative estimate of drug-likeness (QED) is 0.831. The first-order valence-electron chi connectivity index (χ1n) is 9.55. The summed E-state index contributed by atoms with van der Waals surface area (Å²) in [5, 5.41) is 15.5. The lowest BCUT2D eigenvalue weighted by Crippen LogP contribution is -2.40. The van der Waals surface area contributed by atoms with Crippen LogP contribution in [0.5, 0.6) is 0 Å². The van der Waals surface area contributed by atoms with E-state index in [0.717, 1.165) is 37.1 Å². The van der Waals surface area contributed by atoms with Gasteiger partial charge in [-0.15, -0.1) is 0 Å². The summed E-state index contributed by atoms with van der Waals surface area (Å²) >= 11 is 0. The molecule has 0 atom stereocenters. The molecule has 2 N–H and O–H groups in total. The zero-order valence-electron chi connectivity index (χ0n) is 16.6. The molecule has 1 aromatic heterocycles. The van der Waals surface area contributed by atoms with Crippen molar-refractivity contribution in [2.45, 2.75) is 44.7 Å². The molecule has 0 radical (unpaired) electrons. The summed E-state index contributed by atoms with van der Waals surface area (Å²) in [6.45, 7) is 2.01. The van der Waals surface area contributed by atoms with Gasteiger partial charge in [0.2, 0.25) is 5.95 Å². The fraction of sp³-hybridized carbons (Fsp3) is 0.429. The monoisotopic (exact) mass is 378 g/mol. The van der Waals surface area contributed by atoms with Crippen molar-refractivity contribution in [3.63, 3.8) is 0 Å². The molecular weight excluding hydrogens is 352 g/mol. The third kappa shape index (κ3) is 4.77. The molecule has 1 amide bonds. The third-order valence-electron chi connectivity index (χ3n) is 5.04. The van der Waals surface area contributed by atoms with Crippen LogP contribution in [0.3, 0.4) is 0 Å². The number of nitrogens with one attached hydrogen (secondary N) is 2. The van der Waals surface area contributed by atoms with Gasteiger partial charge in [0.15, 0.2) is 0 Å². The van der Waals surface area contributed by atoms with E-state index >= 15 is 0 Å². The van der Waals surface area contributed by atoms with Crippen LogP contribution < -0.4 is 15.5 Å². The van der Waals surface area contributed by atoms with Gasteiger partial charge in [0.05, 0.1) is 11.6 Å². The smallest absolute Gasteiger partial charge is 0.251 e. The van der Waals surface area contributed by atoms with Crippen LogP contribution in [0.25, 0.3) is 0 Å². The molecule has 1 saturated carbocycles. The number of aryl methyl sites for hydroxylation is 1. The summed E-state index contributed by atoms with van der Waals surface area (Å²) in [7, 11) is 3.85. The predicted molar refractivity (Wildman–Crippen MR) is 109 cm³/mol. The summed E-state index contributed by atoms with van der Waals surface area (Å²) in [5.41, 5.74) is 2.18. The molecule has 1 aromatic carbocycles. The van der Waals surface area contributed by atoms with Crippen LogP contribution in [0, 0.1) is 18.3 Å². The standard InChI is InChI=1S/C21H26N6O/c1-14-13-23-21(27(2)3)26-19(14)24-17-8-10-18(11-9-17)25-20(28)16-6-4-15(12-22)5-7-16/h4-7,13,17-18H,8-11H2,1-3H3,(H,25,28)(H,23,24,26). The van der Waals surface area contributed by atoms with Gasteiger partial charge in [-0.3, -0.25) is 4.79 Å². The van der Waals surface area contributed by atoms with E-state index in [1.54, 1.807) is 24.3 Å². The van der Waals surface area contributed by atoms with Crippen LogP contribution >= 0.6 is 0 Å². The highest BCUT2D eigenvalue weighted by Crippen LogP contribution is 2.24. The molecule has 1 aliphatic carbocycles. The molecule has 0 unspecified atom stereocenters. The normalized spacial score (nSPS) is 18.8. The SMILES string of the molecule is Cc1cnc(N(C)C)nc1NC1CCC(NC(=O)c2ccc(C#N)cc2)CC1. The Balaban J connectivity index is 1.52. The Morgan fingerprint density at radius 3 is 2.39 bits per heavy atom. The zero-order valence-corrected chi connectivity index (χ0v) is 16.6. The van der Waals surface area contributed by atoms with E-state index in [1.807, 2.05) is 32.1 Å². The molecule has 7 nitrogen and oxygen atoms in total. The Hall–Kier alpha value is -3.14. The van der Waals surface area contributed by atoms with Gasteiger partial charge in [-0.1, -0.05) is 0 Å². The molecule has 0 saturated heterocycles. The van der Waals surface area contributed by atoms with E-state index in [1.165, 1.54) is 0 Å². The number of amides is 1. The van der Waals surface area contributed by atoms with E-state index in [9.17, 15) is 4.79 Å². The summed E-state index contributed by atoms with van der Waals surface area (Å²) in [5.74, 6) is 1.49. The van der Waals surface area contributed by atoms with Crippen LogP contribution in [-0.2, 0) is 0 Å². The molecule has 1 fully saturated rings. The molecule has 0 bridgehead atoms. The van der Waals surface area contributed by atoms with E-state index in [-0.39, 0.29) is 11.9 Å². The Kier molecular flexibility index (Phi) is 6.09. The second kappa shape index (κ2) is 8.70. The summed E-state index contributed by atoms with van der Waals surface area (Å²) < 4.78 is 0. The fourth-order valence-corrected chi connectivity index (χ4v) is 3.33. The van der Waals surface area contributed by atoms with Crippen molar-refractivity contribution in [2.75, 3.05) is 24.3 Å². The average Bonchev–Trinajstić information content (AvgIpc) is 2.71. The first-order chi connectivity index (χ1) is 13.5. The molecule has 0 aliphatic heterocycles. The van der Waals surface area contributed by atoms with Crippen LogP contribution in [0.15, 0.2) is 30.5 Å². The maximum atomic E-state index is 12.4. The largest absolute Gasteiger partial charge is 0.367 e. The number of benzene rings is 1. The van der Waals surface area contributed by atoms with E-state index in [4.69, 9.17) is 5.26 Å². The topological polar surface area (TPSA) is 93.9 Å². The minimum Gasteiger partial charge on any atom is -0.367 e. The van der Waals surface area contributed by atoms with Gasteiger partial charge < -0.3 is 15.5 Å². The number of hydrogen-bond donors (Lipinski definition) is 2. The molecule has 0 spiro atoms. The number of carbonyl (C=O) groups is 1. The molecular formula is C21H26N6O. The molecule has 7 heteroatoms. The average molecular weight is 378 g/mol. The summed E-state index contributed by atoms with van der Waals surface area (Å²) in [4.78, 5) is 23.2. The lowest BCUT2D eigenvalue weighted by Gasteiger charge is -2.30. The Morgan fingerprint density at radius 2 is 1.79 bits per heavy atom. The maximum absolute atomic E-state index is 12.4. The summed E-state index contributed by atoms with van der Waals surface area (Å²) in [6, 6.07) is 9.30.